The number of aryl methyl sites for hydroxylation is 1. The number of nitrogen functional groups attached to an aromatic ring is 1. The molecule has 0 radical (unpaired) electrons. The van der Waals surface area contributed by atoms with Crippen LogP contribution in [0, 0.1) is 6.92 Å². The van der Waals surface area contributed by atoms with Crippen molar-refractivity contribution >= 4 is 23.4 Å². The summed E-state index contributed by atoms with van der Waals surface area (Å²) in [6.45, 7) is 1.76. The maximum absolute atomic E-state index is 12.8. The van der Waals surface area contributed by atoms with Crippen LogP contribution in [0.2, 0.25) is 0 Å². The van der Waals surface area contributed by atoms with Gasteiger partial charge in [0.2, 0.25) is 0 Å². The second-order valence-corrected chi connectivity index (χ2v) is 4.12. The van der Waals surface area contributed by atoms with Gasteiger partial charge in [0.15, 0.2) is 0 Å². The Morgan fingerprint density at radius 2 is 2.13 bits per heavy atom. The molecule has 0 aliphatic carbocycles. The molecule has 0 amide bonds. The van der Waals surface area contributed by atoms with Gasteiger partial charge in [-0.2, -0.15) is 8.78 Å². The lowest BCUT2D eigenvalue weighted by Crippen LogP contribution is -2.23. The molecule has 0 unspecified atom stereocenters. The van der Waals surface area contributed by atoms with Crippen LogP contribution in [-0.2, 0) is 4.79 Å². The van der Waals surface area contributed by atoms with Crippen LogP contribution in [0.15, 0.2) is 23.1 Å². The van der Waals surface area contributed by atoms with Crippen molar-refractivity contribution in [2.24, 2.45) is 0 Å². The Morgan fingerprint density at radius 3 is 2.60 bits per heavy atom. The number of anilines is 1. The number of hydrogen-bond donors (Lipinski definition) is 2. The van der Waals surface area contributed by atoms with E-state index in [1.165, 1.54) is 12.1 Å². The smallest absolute Gasteiger partial charge is 0.393 e. The van der Waals surface area contributed by atoms with Crippen molar-refractivity contribution < 1.29 is 18.7 Å². The minimum absolute atomic E-state index is 0.0630. The number of carboxylic acid groups (broad SMARTS) is 1. The highest BCUT2D eigenvalue weighted by Gasteiger charge is 2.40. The van der Waals surface area contributed by atoms with E-state index in [0.717, 1.165) is 5.56 Å². The van der Waals surface area contributed by atoms with E-state index >= 15 is 0 Å². The van der Waals surface area contributed by atoms with Crippen LogP contribution >= 0.6 is 11.8 Å². The SMILES string of the molecule is Cc1ccc(SC(F)(F)C(=O)O)c(N)c1. The van der Waals surface area contributed by atoms with Gasteiger partial charge >= 0.3 is 11.2 Å². The topological polar surface area (TPSA) is 63.3 Å². The van der Waals surface area contributed by atoms with Gasteiger partial charge in [-0.1, -0.05) is 6.07 Å². The molecule has 0 heterocycles. The molecular weight excluding hydrogens is 224 g/mol. The van der Waals surface area contributed by atoms with E-state index in [-0.39, 0.29) is 22.3 Å². The van der Waals surface area contributed by atoms with Crippen molar-refractivity contribution in [3.8, 4) is 0 Å². The lowest BCUT2D eigenvalue weighted by atomic mass is 10.2. The van der Waals surface area contributed by atoms with Gasteiger partial charge < -0.3 is 10.8 Å². The number of thioether (sulfide) groups is 1. The first kappa shape index (κ1) is 11.8. The van der Waals surface area contributed by atoms with Crippen molar-refractivity contribution in [1.29, 1.82) is 0 Å². The molecule has 0 aliphatic heterocycles. The third-order valence-corrected chi connectivity index (χ3v) is 2.68. The van der Waals surface area contributed by atoms with Crippen molar-refractivity contribution in [2.75, 3.05) is 5.73 Å². The Balaban J connectivity index is 2.95. The van der Waals surface area contributed by atoms with Gasteiger partial charge in [0.1, 0.15) is 0 Å². The van der Waals surface area contributed by atoms with E-state index in [4.69, 9.17) is 10.8 Å². The number of hydrogen-bond acceptors (Lipinski definition) is 3. The molecule has 1 aromatic carbocycles. The van der Waals surface area contributed by atoms with Crippen LogP contribution in [0.4, 0.5) is 14.5 Å². The maximum Gasteiger partial charge on any atom is 0.393 e. The standard InChI is InChI=1S/C9H9F2NO2S/c1-5-2-3-7(6(12)4-5)15-9(10,11)8(13)14/h2-4H,12H2,1H3,(H,13,14). The molecule has 0 bridgehead atoms. The molecule has 0 aromatic heterocycles. The van der Waals surface area contributed by atoms with Gasteiger partial charge in [-0.25, -0.2) is 4.79 Å². The Hall–Kier alpha value is -1.30. The average molecular weight is 233 g/mol. The minimum atomic E-state index is -3.86. The van der Waals surface area contributed by atoms with Gasteiger partial charge in [0, 0.05) is 10.6 Å². The summed E-state index contributed by atoms with van der Waals surface area (Å²) in [5.41, 5.74) is 6.46. The van der Waals surface area contributed by atoms with Crippen molar-refractivity contribution in [3.05, 3.63) is 23.8 Å². The summed E-state index contributed by atoms with van der Waals surface area (Å²) >= 11 is -0.0686. The second-order valence-electron chi connectivity index (χ2n) is 2.97. The highest BCUT2D eigenvalue weighted by atomic mass is 32.2. The molecule has 0 saturated heterocycles. The molecule has 82 valence electrons. The number of benzene rings is 1. The quantitative estimate of drug-likeness (QED) is 0.621. The Kier molecular flexibility index (Phi) is 3.18. The first-order valence-electron chi connectivity index (χ1n) is 3.99. The zero-order valence-corrected chi connectivity index (χ0v) is 8.65. The molecule has 1 rings (SSSR count). The fourth-order valence-corrected chi connectivity index (χ4v) is 1.62. The summed E-state index contributed by atoms with van der Waals surface area (Å²) in [6, 6.07) is 4.49. The maximum atomic E-state index is 12.8. The molecule has 6 heteroatoms. The summed E-state index contributed by atoms with van der Waals surface area (Å²) in [6.07, 6.45) is 0. The van der Waals surface area contributed by atoms with Crippen molar-refractivity contribution in [1.82, 2.24) is 0 Å². The molecule has 3 nitrogen and oxygen atoms in total. The molecule has 1 aromatic rings. The van der Waals surface area contributed by atoms with E-state index in [2.05, 4.69) is 0 Å². The van der Waals surface area contributed by atoms with Gasteiger partial charge in [0.05, 0.1) is 0 Å². The van der Waals surface area contributed by atoms with Crippen LogP contribution < -0.4 is 5.73 Å². The number of nitrogens with two attached hydrogens (primary N) is 1. The molecule has 0 aliphatic rings. The Labute approximate surface area is 89.3 Å². The Bertz CT molecular complexity index is 396. The zero-order valence-electron chi connectivity index (χ0n) is 7.83. The normalized spacial score (nSPS) is 11.4. The summed E-state index contributed by atoms with van der Waals surface area (Å²) in [5.74, 6) is -2.17. The number of carboxylic acids is 1. The van der Waals surface area contributed by atoms with E-state index in [9.17, 15) is 13.6 Å². The number of aliphatic carboxylic acids is 1. The summed E-state index contributed by atoms with van der Waals surface area (Å²) in [5, 5.41) is 4.38. The molecule has 0 atom stereocenters. The minimum Gasteiger partial charge on any atom is -0.476 e. The zero-order chi connectivity index (χ0) is 11.6. The molecule has 3 N–H and O–H groups in total. The van der Waals surface area contributed by atoms with Crippen LogP contribution in [0.25, 0.3) is 0 Å². The fourth-order valence-electron chi connectivity index (χ4n) is 0.943. The molecule has 0 fully saturated rings. The first-order chi connectivity index (χ1) is 6.83. The van der Waals surface area contributed by atoms with Crippen molar-refractivity contribution in [3.63, 3.8) is 0 Å². The average Bonchev–Trinajstić information content (AvgIpc) is 2.09. The second kappa shape index (κ2) is 4.06. The third-order valence-electron chi connectivity index (χ3n) is 1.65. The number of carbonyl (C=O) groups is 1. The molecular formula is C9H9F2NO2S. The van der Waals surface area contributed by atoms with Crippen LogP contribution in [0.1, 0.15) is 5.56 Å². The lowest BCUT2D eigenvalue weighted by molar-refractivity contribution is -0.152. The van der Waals surface area contributed by atoms with E-state index in [1.807, 2.05) is 0 Å². The van der Waals surface area contributed by atoms with Crippen LogP contribution in [0.5, 0.6) is 0 Å². The van der Waals surface area contributed by atoms with E-state index < -0.39 is 11.2 Å². The van der Waals surface area contributed by atoms with Gasteiger partial charge in [-0.3, -0.25) is 0 Å². The monoisotopic (exact) mass is 233 g/mol. The predicted octanol–water partition coefficient (Wildman–Crippen LogP) is 2.35. The number of halogens is 2. The molecule has 0 spiro atoms. The van der Waals surface area contributed by atoms with Crippen molar-refractivity contribution in [2.45, 2.75) is 17.1 Å². The largest absolute Gasteiger partial charge is 0.476 e. The molecule has 0 saturated carbocycles. The third kappa shape index (κ3) is 2.82. The summed E-state index contributed by atoms with van der Waals surface area (Å²) in [7, 11) is 0. The first-order valence-corrected chi connectivity index (χ1v) is 4.81. The summed E-state index contributed by atoms with van der Waals surface area (Å²) < 4.78 is 25.6. The predicted molar refractivity (Wildman–Crippen MR) is 54.0 cm³/mol. The Morgan fingerprint density at radius 1 is 1.53 bits per heavy atom. The highest BCUT2D eigenvalue weighted by Crippen LogP contribution is 2.38. The van der Waals surface area contributed by atoms with E-state index in [1.54, 1.807) is 13.0 Å². The highest BCUT2D eigenvalue weighted by molar-refractivity contribution is 8.01. The van der Waals surface area contributed by atoms with Crippen LogP contribution in [0.3, 0.4) is 0 Å². The van der Waals surface area contributed by atoms with Crippen LogP contribution in [-0.4, -0.2) is 16.3 Å². The summed E-state index contributed by atoms with van der Waals surface area (Å²) in [4.78, 5) is 10.3. The lowest BCUT2D eigenvalue weighted by Gasteiger charge is -2.12. The number of alkyl halides is 2. The van der Waals surface area contributed by atoms with Gasteiger partial charge in [-0.15, -0.1) is 0 Å². The molecule has 15 heavy (non-hydrogen) atoms. The fraction of sp³-hybridized carbons (Fsp3) is 0.222. The van der Waals surface area contributed by atoms with Gasteiger partial charge in [0.25, 0.3) is 0 Å². The van der Waals surface area contributed by atoms with Gasteiger partial charge in [-0.05, 0) is 36.4 Å². The number of rotatable bonds is 3. The van der Waals surface area contributed by atoms with E-state index in [0.29, 0.717) is 0 Å².